The summed E-state index contributed by atoms with van der Waals surface area (Å²) < 4.78 is 10.7. The summed E-state index contributed by atoms with van der Waals surface area (Å²) >= 11 is 0. The van der Waals surface area contributed by atoms with E-state index in [1.165, 1.54) is 12.0 Å². The highest BCUT2D eigenvalue weighted by atomic mass is 16.5. The number of ether oxygens (including phenoxy) is 2. The van der Waals surface area contributed by atoms with E-state index in [9.17, 15) is 19.5 Å². The topological polar surface area (TPSA) is 96.4 Å². The number of aliphatic hydroxyl groups is 1. The molecule has 182 valence electrons. The predicted octanol–water partition coefficient (Wildman–Crippen LogP) is 3.23. The summed E-state index contributed by atoms with van der Waals surface area (Å²) in [5.41, 5.74) is -0.627. The fourth-order valence-electron chi connectivity index (χ4n) is 4.80. The number of likely N-dealkylation sites (tertiary alicyclic amines) is 1. The molecule has 1 atom stereocenters. The number of para-hydroxylation sites is 1. The van der Waals surface area contributed by atoms with Crippen LogP contribution in [0.4, 0.5) is 5.69 Å². The van der Waals surface area contributed by atoms with Gasteiger partial charge in [-0.05, 0) is 36.8 Å². The van der Waals surface area contributed by atoms with E-state index in [0.717, 1.165) is 0 Å². The van der Waals surface area contributed by atoms with Crippen molar-refractivity contribution < 1.29 is 29.0 Å². The molecule has 0 aromatic heterocycles. The van der Waals surface area contributed by atoms with E-state index in [4.69, 9.17) is 9.47 Å². The molecule has 4 rings (SSSR count). The smallest absolute Gasteiger partial charge is 0.296 e. The first kappa shape index (κ1) is 24.2. The van der Waals surface area contributed by atoms with Gasteiger partial charge in [0.25, 0.3) is 17.6 Å². The Morgan fingerprint density at radius 3 is 2.46 bits per heavy atom. The summed E-state index contributed by atoms with van der Waals surface area (Å²) in [6.07, 6.45) is 2.28. The average molecular weight is 477 g/mol. The van der Waals surface area contributed by atoms with E-state index in [-0.39, 0.29) is 18.7 Å². The highest BCUT2D eigenvalue weighted by molar-refractivity contribution is 6.50. The van der Waals surface area contributed by atoms with Crippen LogP contribution in [-0.4, -0.2) is 61.0 Å². The highest BCUT2D eigenvalue weighted by Crippen LogP contribution is 2.53. The number of hydrogen-bond donors (Lipinski definition) is 1. The number of aliphatic hydroxyl groups excluding tert-OH is 1. The zero-order chi connectivity index (χ0) is 25.2. The van der Waals surface area contributed by atoms with Crippen LogP contribution in [0, 0.1) is 0 Å². The lowest BCUT2D eigenvalue weighted by molar-refractivity contribution is -0.144. The first-order valence-electron chi connectivity index (χ1n) is 11.5. The van der Waals surface area contributed by atoms with Gasteiger partial charge in [0.15, 0.2) is 5.54 Å². The Morgan fingerprint density at radius 2 is 1.80 bits per heavy atom. The van der Waals surface area contributed by atoms with Crippen molar-refractivity contribution in [3.05, 3.63) is 77.9 Å². The van der Waals surface area contributed by atoms with Crippen molar-refractivity contribution >= 4 is 29.0 Å². The van der Waals surface area contributed by atoms with Crippen LogP contribution in [0.25, 0.3) is 5.76 Å². The predicted molar refractivity (Wildman–Crippen MR) is 131 cm³/mol. The highest BCUT2D eigenvalue weighted by Gasteiger charge is 2.66. The quantitative estimate of drug-likeness (QED) is 0.258. The monoisotopic (exact) mass is 476 g/mol. The number of nitrogens with zero attached hydrogens (tertiary/aromatic N) is 2. The molecule has 2 aromatic rings. The van der Waals surface area contributed by atoms with Crippen LogP contribution in [0.2, 0.25) is 0 Å². The molecule has 8 nitrogen and oxygen atoms in total. The number of fused-ring (bicyclic) bond motifs is 2. The third-order valence-corrected chi connectivity index (χ3v) is 6.27. The van der Waals surface area contributed by atoms with Crippen LogP contribution < -0.4 is 9.64 Å². The van der Waals surface area contributed by atoms with E-state index in [0.29, 0.717) is 42.1 Å². The van der Waals surface area contributed by atoms with E-state index in [1.807, 2.05) is 6.92 Å². The molecule has 1 unspecified atom stereocenters. The Bertz CT molecular complexity index is 1200. The maximum atomic E-state index is 14.1. The molecule has 35 heavy (non-hydrogen) atoms. The molecule has 2 heterocycles. The van der Waals surface area contributed by atoms with Crippen molar-refractivity contribution in [1.82, 2.24) is 4.90 Å². The third-order valence-electron chi connectivity index (χ3n) is 6.27. The second-order valence-corrected chi connectivity index (χ2v) is 8.31. The van der Waals surface area contributed by atoms with Crippen molar-refractivity contribution in [2.45, 2.75) is 18.9 Å². The number of carbonyl (C=O) groups is 3. The van der Waals surface area contributed by atoms with E-state index < -0.39 is 28.9 Å². The number of anilines is 1. The van der Waals surface area contributed by atoms with Gasteiger partial charge in [0.2, 0.25) is 0 Å². The minimum absolute atomic E-state index is 0.00617. The largest absolute Gasteiger partial charge is 0.507 e. The van der Waals surface area contributed by atoms with Crippen LogP contribution in [0.5, 0.6) is 5.75 Å². The van der Waals surface area contributed by atoms with Gasteiger partial charge in [-0.1, -0.05) is 37.8 Å². The van der Waals surface area contributed by atoms with Crippen molar-refractivity contribution in [2.24, 2.45) is 0 Å². The van der Waals surface area contributed by atoms with Gasteiger partial charge in [-0.25, -0.2) is 0 Å². The Balaban J connectivity index is 1.96. The maximum absolute atomic E-state index is 14.1. The second-order valence-electron chi connectivity index (χ2n) is 8.31. The summed E-state index contributed by atoms with van der Waals surface area (Å²) in [6.45, 7) is 6.40. The Kier molecular flexibility index (Phi) is 6.75. The molecular formula is C27H28N2O6. The first-order valence-corrected chi connectivity index (χ1v) is 11.5. The summed E-state index contributed by atoms with van der Waals surface area (Å²) in [6, 6.07) is 13.5. The van der Waals surface area contributed by atoms with Gasteiger partial charge in [-0.2, -0.15) is 0 Å². The fourth-order valence-corrected chi connectivity index (χ4v) is 4.80. The van der Waals surface area contributed by atoms with Crippen molar-refractivity contribution in [1.29, 1.82) is 0 Å². The number of hydrogen-bond acceptors (Lipinski definition) is 6. The molecule has 2 amide bonds. The van der Waals surface area contributed by atoms with Crippen molar-refractivity contribution in [3.63, 3.8) is 0 Å². The maximum Gasteiger partial charge on any atom is 0.296 e. The number of methoxy groups -OCH3 is 1. The second kappa shape index (κ2) is 9.76. The molecule has 1 spiro atoms. The molecule has 1 fully saturated rings. The summed E-state index contributed by atoms with van der Waals surface area (Å²) in [4.78, 5) is 43.7. The third kappa shape index (κ3) is 3.70. The Morgan fingerprint density at radius 1 is 1.09 bits per heavy atom. The van der Waals surface area contributed by atoms with Gasteiger partial charge in [0.1, 0.15) is 18.1 Å². The van der Waals surface area contributed by atoms with Gasteiger partial charge in [-0.3, -0.25) is 14.4 Å². The van der Waals surface area contributed by atoms with Gasteiger partial charge < -0.3 is 24.4 Å². The van der Waals surface area contributed by atoms with Crippen LogP contribution in [0.1, 0.15) is 24.5 Å². The lowest BCUT2D eigenvalue weighted by Gasteiger charge is -2.34. The Hall–Kier alpha value is -3.91. The molecule has 0 radical (unpaired) electrons. The SMILES string of the molecule is C=CCOc1ccc(C(O)=C2C(=O)C(=O)N(CCOC)C23C(=O)N(CCC)c2ccccc23)cc1. The van der Waals surface area contributed by atoms with Crippen molar-refractivity contribution in [3.8, 4) is 5.75 Å². The molecule has 0 aliphatic carbocycles. The number of amides is 2. The van der Waals surface area contributed by atoms with Gasteiger partial charge in [0.05, 0.1) is 17.9 Å². The molecule has 2 aliphatic rings. The molecular weight excluding hydrogens is 448 g/mol. The molecule has 8 heteroatoms. The standard InChI is InChI=1S/C27H28N2O6/c1-4-14-28-21-9-7-6-8-20(21)27(26(28)33)22(24(31)25(32)29(27)15-17-34-3)23(30)18-10-12-19(13-11-18)35-16-5-2/h5-13,30H,2,4,14-17H2,1,3H3. The molecule has 0 bridgehead atoms. The number of rotatable bonds is 9. The van der Waals surface area contributed by atoms with Crippen LogP contribution in [0.15, 0.2) is 66.8 Å². The molecule has 2 aromatic carbocycles. The van der Waals surface area contributed by atoms with E-state index >= 15 is 0 Å². The molecule has 1 N–H and O–H groups in total. The summed E-state index contributed by atoms with van der Waals surface area (Å²) in [7, 11) is 1.48. The minimum Gasteiger partial charge on any atom is -0.507 e. The molecule has 2 aliphatic heterocycles. The normalized spacial score (nSPS) is 20.6. The lowest BCUT2D eigenvalue weighted by atomic mass is 9.82. The zero-order valence-electron chi connectivity index (χ0n) is 19.8. The van der Waals surface area contributed by atoms with E-state index in [2.05, 4.69) is 6.58 Å². The fraction of sp³-hybridized carbons (Fsp3) is 0.296. The number of Topliss-reactive ketones (excluding diaryl/α,β-unsaturated/α-hetero) is 1. The van der Waals surface area contributed by atoms with Gasteiger partial charge in [-0.15, -0.1) is 0 Å². The van der Waals surface area contributed by atoms with Crippen LogP contribution in [-0.2, 0) is 24.7 Å². The summed E-state index contributed by atoms with van der Waals surface area (Å²) in [5.74, 6) is -2.07. The lowest BCUT2D eigenvalue weighted by Crippen LogP contribution is -2.52. The minimum atomic E-state index is -1.78. The first-order chi connectivity index (χ1) is 16.9. The average Bonchev–Trinajstić information content (AvgIpc) is 3.25. The number of carbonyl (C=O) groups excluding carboxylic acids is 3. The number of ketones is 1. The van der Waals surface area contributed by atoms with Crippen LogP contribution >= 0.6 is 0 Å². The van der Waals surface area contributed by atoms with Gasteiger partial charge >= 0.3 is 0 Å². The molecule has 0 saturated carbocycles. The van der Waals surface area contributed by atoms with E-state index in [1.54, 1.807) is 59.5 Å². The van der Waals surface area contributed by atoms with Gasteiger partial charge in [0, 0.05) is 31.3 Å². The number of benzene rings is 2. The zero-order valence-corrected chi connectivity index (χ0v) is 19.8. The van der Waals surface area contributed by atoms with Crippen molar-refractivity contribution in [2.75, 3.05) is 38.3 Å². The van der Waals surface area contributed by atoms with Crippen LogP contribution in [0.3, 0.4) is 0 Å². The summed E-state index contributed by atoms with van der Waals surface area (Å²) in [5, 5.41) is 11.4. The molecule has 1 saturated heterocycles. The Labute approximate surface area is 204 Å².